The lowest BCUT2D eigenvalue weighted by Gasteiger charge is -2.66. The summed E-state index contributed by atoms with van der Waals surface area (Å²) >= 11 is 0. The molecule has 0 saturated heterocycles. The highest BCUT2D eigenvalue weighted by molar-refractivity contribution is 5.89. The number of carbonyl (C=O) groups is 3. The van der Waals surface area contributed by atoms with Crippen molar-refractivity contribution >= 4 is 17.9 Å². The van der Waals surface area contributed by atoms with Gasteiger partial charge in [-0.25, -0.2) is 9.59 Å². The van der Waals surface area contributed by atoms with E-state index < -0.39 is 58.2 Å². The molecule has 12 nitrogen and oxygen atoms in total. The average molecular weight is 783 g/mol. The maximum atomic E-state index is 14.0. The topological polar surface area (TPSA) is 175 Å². The van der Waals surface area contributed by atoms with E-state index in [1.807, 2.05) is 13.8 Å². The van der Waals surface area contributed by atoms with Gasteiger partial charge in [-0.05, 0) is 86.8 Å². The Bertz CT molecular complexity index is 2030. The van der Waals surface area contributed by atoms with E-state index in [9.17, 15) is 29.5 Å². The van der Waals surface area contributed by atoms with Crippen molar-refractivity contribution in [2.75, 3.05) is 6.61 Å². The van der Waals surface area contributed by atoms with E-state index in [4.69, 9.17) is 23.4 Å². The lowest BCUT2D eigenvalue weighted by molar-refractivity contribution is -0.267. The van der Waals surface area contributed by atoms with Gasteiger partial charge in [-0.15, -0.1) is 0 Å². The number of ether oxygens (including phenoxy) is 4. The van der Waals surface area contributed by atoms with Gasteiger partial charge >= 0.3 is 23.5 Å². The number of aliphatic hydroxyl groups is 1. The molecule has 0 spiro atoms. The van der Waals surface area contributed by atoms with E-state index in [1.165, 1.54) is 24.3 Å². The number of hydrogen-bond acceptors (Lipinski definition) is 12. The molecule has 12 heteroatoms. The summed E-state index contributed by atoms with van der Waals surface area (Å²) < 4.78 is 31.4. The maximum absolute atomic E-state index is 14.0. The van der Waals surface area contributed by atoms with Crippen LogP contribution in [-0.4, -0.2) is 52.4 Å². The number of fused-ring (bicyclic) bond motifs is 4. The average Bonchev–Trinajstić information content (AvgIpc) is 3.19. The van der Waals surface area contributed by atoms with Crippen LogP contribution in [0.3, 0.4) is 0 Å². The second-order valence-corrected chi connectivity index (χ2v) is 16.6. The third kappa shape index (κ3) is 8.22. The monoisotopic (exact) mass is 782 g/mol. The Kier molecular flexibility index (Phi) is 12.6. The van der Waals surface area contributed by atoms with E-state index in [0.29, 0.717) is 36.8 Å². The quantitative estimate of drug-likeness (QED) is 0.0948. The van der Waals surface area contributed by atoms with Gasteiger partial charge in [0.15, 0.2) is 0 Å². The fraction of sp³-hybridized carbons (Fsp3) is 0.556. The van der Waals surface area contributed by atoms with Crippen LogP contribution in [-0.2, 0) is 23.8 Å². The van der Waals surface area contributed by atoms with Crippen LogP contribution in [0.2, 0.25) is 0 Å². The van der Waals surface area contributed by atoms with Gasteiger partial charge < -0.3 is 28.5 Å². The summed E-state index contributed by atoms with van der Waals surface area (Å²) in [6.45, 7) is 9.82. The van der Waals surface area contributed by atoms with Crippen molar-refractivity contribution in [3.63, 3.8) is 0 Å². The van der Waals surface area contributed by atoms with Crippen LogP contribution >= 0.6 is 0 Å². The second-order valence-electron chi connectivity index (χ2n) is 16.6. The minimum Gasteiger partial charge on any atom is -0.482 e. The van der Waals surface area contributed by atoms with Crippen LogP contribution in [0.15, 0.2) is 64.1 Å². The molecule has 2 saturated carbocycles. The van der Waals surface area contributed by atoms with E-state index >= 15 is 0 Å². The zero-order chi connectivity index (χ0) is 41.0. The Morgan fingerprint density at radius 3 is 2.32 bits per heavy atom. The summed E-state index contributed by atoms with van der Waals surface area (Å²) in [6.07, 6.45) is 6.64. The first-order valence-electron chi connectivity index (χ1n) is 20.3. The van der Waals surface area contributed by atoms with Crippen molar-refractivity contribution in [1.29, 1.82) is 5.26 Å². The number of carbonyl (C=O) groups excluding carboxylic acids is 3. The fourth-order valence-corrected chi connectivity index (χ4v) is 9.82. The standard InChI is InChI=1S/C45H54N2O10/c1-6-8-10-14-36(48)53-27-44(4)33-24-35(56-41(51)29-18-16-28(25-46)17-19-29)45(5)40(43(33,3)21-20-34(44)55-37(49)15-11-9-7-2)39(50)38-32(57-45)23-31(54-42(38)52)30-13-12-22-47-26-30/h12-13,16-19,22-23,26,33-35,39-40,50H,6-11,14-15,20-21,24,27H2,1-5H3/t33?,34-,35-,39-,40?,43-,44?,45+/m0/s1. The van der Waals surface area contributed by atoms with Gasteiger partial charge in [0.1, 0.15) is 41.5 Å². The van der Waals surface area contributed by atoms with E-state index in [2.05, 4.69) is 24.9 Å². The number of esters is 3. The third-order valence-corrected chi connectivity index (χ3v) is 12.8. The van der Waals surface area contributed by atoms with Crippen LogP contribution in [0, 0.1) is 34.0 Å². The molecule has 57 heavy (non-hydrogen) atoms. The predicted molar refractivity (Wildman–Crippen MR) is 209 cm³/mol. The van der Waals surface area contributed by atoms with Gasteiger partial charge in [-0.1, -0.05) is 53.4 Å². The molecule has 0 amide bonds. The molecule has 1 N–H and O–H groups in total. The van der Waals surface area contributed by atoms with Crippen molar-refractivity contribution in [1.82, 2.24) is 4.98 Å². The van der Waals surface area contributed by atoms with Crippen LogP contribution in [0.1, 0.15) is 133 Å². The highest BCUT2D eigenvalue weighted by Crippen LogP contribution is 2.67. The Balaban J connectivity index is 1.44. The molecule has 0 bridgehead atoms. The number of benzene rings is 1. The highest BCUT2D eigenvalue weighted by atomic mass is 16.6. The van der Waals surface area contributed by atoms with E-state index in [0.717, 1.165) is 25.7 Å². The summed E-state index contributed by atoms with van der Waals surface area (Å²) in [5, 5.41) is 21.9. The van der Waals surface area contributed by atoms with E-state index in [1.54, 1.807) is 37.5 Å². The van der Waals surface area contributed by atoms with Crippen LogP contribution in [0.25, 0.3) is 11.3 Å². The summed E-state index contributed by atoms with van der Waals surface area (Å²) in [7, 11) is 0. The van der Waals surface area contributed by atoms with Crippen molar-refractivity contribution in [2.45, 2.75) is 129 Å². The van der Waals surface area contributed by atoms with E-state index in [-0.39, 0.29) is 60.4 Å². The van der Waals surface area contributed by atoms with Crippen LogP contribution in [0.4, 0.5) is 0 Å². The van der Waals surface area contributed by atoms with Gasteiger partial charge in [0, 0.05) is 48.2 Å². The van der Waals surface area contributed by atoms with Crippen molar-refractivity contribution in [3.8, 4) is 23.1 Å². The van der Waals surface area contributed by atoms with Gasteiger partial charge in [0.2, 0.25) is 0 Å². The molecule has 1 aliphatic heterocycles. The SMILES string of the molecule is CCCCCC(=O)OCC1(C)C2C[C@H](OC(=O)c3ccc(C#N)cc3)[C@@]3(C)Oc4cc(-c5cccnc5)oc(=O)c4[C@H](O)C3[C@@]2(C)CC[C@@H]1OC(=O)CCCCC. The number of nitriles is 1. The lowest BCUT2D eigenvalue weighted by Crippen LogP contribution is -2.71. The Labute approximate surface area is 333 Å². The molecule has 8 atom stereocenters. The largest absolute Gasteiger partial charge is 0.482 e. The maximum Gasteiger partial charge on any atom is 0.345 e. The number of rotatable bonds is 14. The smallest absolute Gasteiger partial charge is 0.345 e. The molecule has 3 aliphatic rings. The fourth-order valence-electron chi connectivity index (χ4n) is 9.82. The van der Waals surface area contributed by atoms with Crippen molar-refractivity contribution in [3.05, 3.63) is 82.0 Å². The van der Waals surface area contributed by atoms with Gasteiger partial charge in [0.05, 0.1) is 23.3 Å². The third-order valence-electron chi connectivity index (χ3n) is 12.8. The predicted octanol–water partition coefficient (Wildman–Crippen LogP) is 8.04. The molecule has 2 aliphatic carbocycles. The summed E-state index contributed by atoms with van der Waals surface area (Å²) in [4.78, 5) is 58.5. The zero-order valence-corrected chi connectivity index (χ0v) is 33.6. The molecule has 3 aromatic rings. The Morgan fingerprint density at radius 2 is 1.67 bits per heavy atom. The molecule has 6 rings (SSSR count). The van der Waals surface area contributed by atoms with Crippen LogP contribution < -0.4 is 10.4 Å². The minimum atomic E-state index is -1.42. The molecule has 3 unspecified atom stereocenters. The number of unbranched alkanes of at least 4 members (excludes halogenated alkanes) is 4. The highest BCUT2D eigenvalue weighted by Gasteiger charge is 2.71. The lowest BCUT2D eigenvalue weighted by atomic mass is 9.42. The number of aromatic nitrogens is 1. The summed E-state index contributed by atoms with van der Waals surface area (Å²) in [6, 6.07) is 13.2. The van der Waals surface area contributed by atoms with Gasteiger partial charge in [0.25, 0.3) is 0 Å². The number of nitrogens with zero attached hydrogens (tertiary/aromatic N) is 2. The summed E-state index contributed by atoms with van der Waals surface area (Å²) in [5.41, 5.74) is -2.90. The number of aliphatic hydroxyl groups excluding tert-OH is 1. The summed E-state index contributed by atoms with van der Waals surface area (Å²) in [5.74, 6) is -2.38. The zero-order valence-electron chi connectivity index (χ0n) is 33.6. The molecule has 2 fully saturated rings. The Hall–Kier alpha value is -5.02. The molecule has 304 valence electrons. The van der Waals surface area contributed by atoms with Crippen LogP contribution in [0.5, 0.6) is 5.75 Å². The number of pyridine rings is 1. The van der Waals surface area contributed by atoms with Gasteiger partial charge in [-0.2, -0.15) is 5.26 Å². The van der Waals surface area contributed by atoms with Crippen molar-refractivity contribution < 1.29 is 42.9 Å². The molecular weight excluding hydrogens is 728 g/mol. The Morgan fingerprint density at radius 1 is 0.965 bits per heavy atom. The second kappa shape index (κ2) is 17.2. The normalized spacial score (nSPS) is 28.7. The molecule has 1 aromatic carbocycles. The molecular formula is C45H54N2O10. The van der Waals surface area contributed by atoms with Crippen molar-refractivity contribution in [2.24, 2.45) is 22.7 Å². The number of hydrogen-bond donors (Lipinski definition) is 1. The first kappa shape index (κ1) is 41.6. The molecule has 0 radical (unpaired) electrons. The first-order chi connectivity index (χ1) is 27.3. The minimum absolute atomic E-state index is 0.0438. The van der Waals surface area contributed by atoms with Gasteiger partial charge in [-0.3, -0.25) is 14.6 Å². The molecule has 3 heterocycles. The molecule has 2 aromatic heterocycles. The first-order valence-corrected chi connectivity index (χ1v) is 20.3.